The molecule has 1 aromatic heterocycles. The van der Waals surface area contributed by atoms with Gasteiger partial charge in [0.05, 0.1) is 12.3 Å². The molecule has 3 nitrogen and oxygen atoms in total. The van der Waals surface area contributed by atoms with Crippen LogP contribution >= 0.6 is 0 Å². The zero-order valence-corrected chi connectivity index (χ0v) is 6.32. The van der Waals surface area contributed by atoms with Crippen LogP contribution in [-0.4, -0.2) is 16.4 Å². The molecule has 0 aliphatic heterocycles. The summed E-state index contributed by atoms with van der Waals surface area (Å²) in [5.41, 5.74) is 1.04. The van der Waals surface area contributed by atoms with Gasteiger partial charge in [0.15, 0.2) is 6.29 Å². The number of nitrogens with zero attached hydrogens (tertiary/aromatic N) is 1. The molecule has 0 atom stereocenters. The van der Waals surface area contributed by atoms with Crippen molar-refractivity contribution in [3.63, 3.8) is 0 Å². The Labute approximate surface area is 70.1 Å². The molecule has 0 bridgehead atoms. The second-order valence-corrected chi connectivity index (χ2v) is 2.06. The Morgan fingerprint density at radius 1 is 1.58 bits per heavy atom. The molecule has 0 aliphatic carbocycles. The summed E-state index contributed by atoms with van der Waals surface area (Å²) in [5, 5.41) is 8.71. The Kier molecular flexibility index (Phi) is 3.00. The van der Waals surface area contributed by atoms with Crippen LogP contribution in [0.4, 0.5) is 0 Å². The van der Waals surface area contributed by atoms with Crippen molar-refractivity contribution in [3.8, 4) is 11.8 Å². The van der Waals surface area contributed by atoms with Crippen LogP contribution in [0.1, 0.15) is 11.4 Å². The monoisotopic (exact) mass is 161 g/mol. The summed E-state index contributed by atoms with van der Waals surface area (Å²) in [4.78, 5) is 13.8. The minimum atomic E-state index is -0.114. The van der Waals surface area contributed by atoms with Gasteiger partial charge in [0.1, 0.15) is 5.69 Å². The number of rotatable bonds is 1. The lowest BCUT2D eigenvalue weighted by atomic mass is 10.3. The van der Waals surface area contributed by atoms with E-state index in [0.29, 0.717) is 17.7 Å². The Bertz CT molecular complexity index is 336. The Hall–Kier alpha value is -1.66. The number of hydrogen-bond donors (Lipinski definition) is 1. The van der Waals surface area contributed by atoms with Crippen LogP contribution in [0, 0.1) is 11.8 Å². The Morgan fingerprint density at radius 3 is 3.08 bits per heavy atom. The fourth-order valence-electron chi connectivity index (χ4n) is 0.741. The topological polar surface area (TPSA) is 50.2 Å². The highest BCUT2D eigenvalue weighted by Crippen LogP contribution is 1.96. The number of carbonyl (C=O) groups is 1. The predicted octanol–water partition coefficient (Wildman–Crippen LogP) is 0.124. The zero-order valence-electron chi connectivity index (χ0n) is 6.32. The molecular weight excluding hydrogens is 154 g/mol. The number of hydrogen-bond acceptors (Lipinski definition) is 3. The first-order chi connectivity index (χ1) is 5.86. The van der Waals surface area contributed by atoms with E-state index in [1.54, 1.807) is 18.2 Å². The third kappa shape index (κ3) is 2.19. The van der Waals surface area contributed by atoms with Gasteiger partial charge in [0.25, 0.3) is 0 Å². The van der Waals surface area contributed by atoms with Crippen LogP contribution in [0.25, 0.3) is 0 Å². The standard InChI is InChI=1S/C9H7NO2/c11-6-2-5-8-3-1-4-9(7-12)10-8/h1,3-4,6,12H,7H2. The second kappa shape index (κ2) is 4.27. The van der Waals surface area contributed by atoms with Crippen molar-refractivity contribution in [3.05, 3.63) is 29.6 Å². The summed E-state index contributed by atoms with van der Waals surface area (Å²) < 4.78 is 0. The van der Waals surface area contributed by atoms with Gasteiger partial charge in [0, 0.05) is 0 Å². The first-order valence-corrected chi connectivity index (χ1v) is 3.39. The van der Waals surface area contributed by atoms with Crippen LogP contribution in [0.2, 0.25) is 0 Å². The van der Waals surface area contributed by atoms with Crippen molar-refractivity contribution >= 4 is 6.29 Å². The van der Waals surface area contributed by atoms with E-state index in [2.05, 4.69) is 16.8 Å². The lowest BCUT2D eigenvalue weighted by molar-refractivity contribution is -0.103. The van der Waals surface area contributed by atoms with Gasteiger partial charge in [-0.25, -0.2) is 4.98 Å². The highest BCUT2D eigenvalue weighted by Gasteiger charge is 1.91. The van der Waals surface area contributed by atoms with E-state index in [9.17, 15) is 4.79 Å². The smallest absolute Gasteiger partial charge is 0.193 e. The molecule has 0 spiro atoms. The van der Waals surface area contributed by atoms with Crippen LogP contribution in [0.5, 0.6) is 0 Å². The predicted molar refractivity (Wildman–Crippen MR) is 43.1 cm³/mol. The minimum Gasteiger partial charge on any atom is -0.390 e. The molecule has 0 unspecified atom stereocenters. The number of aldehydes is 1. The molecule has 1 heterocycles. The Balaban J connectivity index is 2.93. The van der Waals surface area contributed by atoms with Crippen LogP contribution in [-0.2, 0) is 11.4 Å². The first kappa shape index (κ1) is 8.44. The van der Waals surface area contributed by atoms with Crippen LogP contribution in [0.15, 0.2) is 18.2 Å². The Morgan fingerprint density at radius 2 is 2.42 bits per heavy atom. The molecule has 1 rings (SSSR count). The maximum atomic E-state index is 9.88. The van der Waals surface area contributed by atoms with E-state index in [1.807, 2.05) is 0 Å². The molecule has 1 N–H and O–H groups in total. The van der Waals surface area contributed by atoms with Crippen molar-refractivity contribution in [1.82, 2.24) is 4.98 Å². The summed E-state index contributed by atoms with van der Waals surface area (Å²) in [6.45, 7) is -0.114. The first-order valence-electron chi connectivity index (χ1n) is 3.39. The molecule has 0 radical (unpaired) electrons. The molecule has 0 fully saturated rings. The highest BCUT2D eigenvalue weighted by atomic mass is 16.3. The second-order valence-electron chi connectivity index (χ2n) is 2.06. The fourth-order valence-corrected chi connectivity index (χ4v) is 0.741. The van der Waals surface area contributed by atoms with Crippen molar-refractivity contribution in [2.75, 3.05) is 0 Å². The van der Waals surface area contributed by atoms with E-state index in [-0.39, 0.29) is 6.61 Å². The molecule has 0 saturated heterocycles. The van der Waals surface area contributed by atoms with Crippen molar-refractivity contribution in [1.29, 1.82) is 0 Å². The molecule has 12 heavy (non-hydrogen) atoms. The van der Waals surface area contributed by atoms with Crippen molar-refractivity contribution in [2.45, 2.75) is 6.61 Å². The average Bonchev–Trinajstić information content (AvgIpc) is 2.15. The number of aromatic nitrogens is 1. The fraction of sp³-hybridized carbons (Fsp3) is 0.111. The molecule has 0 aromatic carbocycles. The van der Waals surface area contributed by atoms with Crippen molar-refractivity contribution in [2.24, 2.45) is 0 Å². The van der Waals surface area contributed by atoms with Gasteiger partial charge in [-0.2, -0.15) is 0 Å². The number of aliphatic hydroxyl groups excluding tert-OH is 1. The maximum absolute atomic E-state index is 9.88. The third-order valence-corrected chi connectivity index (χ3v) is 1.23. The molecule has 3 heteroatoms. The van der Waals surface area contributed by atoms with E-state index in [4.69, 9.17) is 5.11 Å². The summed E-state index contributed by atoms with van der Waals surface area (Å²) >= 11 is 0. The maximum Gasteiger partial charge on any atom is 0.193 e. The van der Waals surface area contributed by atoms with E-state index >= 15 is 0 Å². The van der Waals surface area contributed by atoms with Crippen LogP contribution < -0.4 is 0 Å². The van der Waals surface area contributed by atoms with Gasteiger partial charge in [-0.15, -0.1) is 0 Å². The quantitative estimate of drug-likeness (QED) is 0.470. The lowest BCUT2D eigenvalue weighted by Crippen LogP contribution is -1.90. The van der Waals surface area contributed by atoms with Crippen LogP contribution in [0.3, 0.4) is 0 Å². The molecule has 0 aliphatic rings. The van der Waals surface area contributed by atoms with E-state index < -0.39 is 0 Å². The molecule has 60 valence electrons. The SMILES string of the molecule is O=CC#Cc1cccc(CO)n1. The molecule has 0 amide bonds. The highest BCUT2D eigenvalue weighted by molar-refractivity contribution is 5.73. The molecule has 1 aromatic rings. The summed E-state index contributed by atoms with van der Waals surface area (Å²) in [6, 6.07) is 5.09. The van der Waals surface area contributed by atoms with Gasteiger partial charge in [-0.05, 0) is 24.0 Å². The summed E-state index contributed by atoms with van der Waals surface area (Å²) in [6.07, 6.45) is 0.507. The zero-order chi connectivity index (χ0) is 8.81. The number of carbonyl (C=O) groups excluding carboxylic acids is 1. The number of aliphatic hydroxyl groups is 1. The summed E-state index contributed by atoms with van der Waals surface area (Å²) in [7, 11) is 0. The van der Waals surface area contributed by atoms with Gasteiger partial charge in [0.2, 0.25) is 0 Å². The normalized spacial score (nSPS) is 8.42. The van der Waals surface area contributed by atoms with E-state index in [1.165, 1.54) is 0 Å². The van der Waals surface area contributed by atoms with Gasteiger partial charge in [-0.3, -0.25) is 4.79 Å². The molecule has 0 saturated carbocycles. The minimum absolute atomic E-state index is 0.114. The molecular formula is C9H7NO2. The largest absolute Gasteiger partial charge is 0.390 e. The van der Waals surface area contributed by atoms with E-state index in [0.717, 1.165) is 0 Å². The van der Waals surface area contributed by atoms with Gasteiger partial charge in [-0.1, -0.05) is 6.07 Å². The van der Waals surface area contributed by atoms with Gasteiger partial charge >= 0.3 is 0 Å². The average molecular weight is 161 g/mol. The summed E-state index contributed by atoms with van der Waals surface area (Å²) in [5.74, 6) is 4.77. The third-order valence-electron chi connectivity index (χ3n) is 1.23. The number of pyridine rings is 1. The lowest BCUT2D eigenvalue weighted by Gasteiger charge is -1.93. The van der Waals surface area contributed by atoms with Gasteiger partial charge < -0.3 is 5.11 Å². The van der Waals surface area contributed by atoms with Crippen molar-refractivity contribution < 1.29 is 9.90 Å².